The van der Waals surface area contributed by atoms with Crippen LogP contribution in [0.5, 0.6) is 0 Å². The maximum absolute atomic E-state index is 6.19. The molecule has 2 rings (SSSR count). The van der Waals surface area contributed by atoms with Gasteiger partial charge in [-0.1, -0.05) is 26.7 Å². The van der Waals surface area contributed by atoms with Crippen LogP contribution in [-0.2, 0) is 17.9 Å². The summed E-state index contributed by atoms with van der Waals surface area (Å²) in [6.45, 7) is 9.66. The van der Waals surface area contributed by atoms with Crippen LogP contribution in [0, 0.1) is 12.8 Å². The van der Waals surface area contributed by atoms with Crippen molar-refractivity contribution in [2.24, 2.45) is 5.92 Å². The molecule has 2 atom stereocenters. The van der Waals surface area contributed by atoms with E-state index < -0.39 is 0 Å². The fourth-order valence-corrected chi connectivity index (χ4v) is 3.95. The van der Waals surface area contributed by atoms with Crippen molar-refractivity contribution in [2.45, 2.75) is 72.1 Å². The van der Waals surface area contributed by atoms with Crippen molar-refractivity contribution in [3.05, 3.63) is 21.4 Å². The van der Waals surface area contributed by atoms with Crippen LogP contribution in [0.2, 0.25) is 0 Å². The highest BCUT2D eigenvalue weighted by Crippen LogP contribution is 2.28. The van der Waals surface area contributed by atoms with Gasteiger partial charge in [0, 0.05) is 16.3 Å². The van der Waals surface area contributed by atoms with Crippen molar-refractivity contribution in [2.75, 3.05) is 6.54 Å². The number of thiophene rings is 1. The summed E-state index contributed by atoms with van der Waals surface area (Å²) in [5.41, 5.74) is 1.39. The Morgan fingerprint density at radius 2 is 2.15 bits per heavy atom. The van der Waals surface area contributed by atoms with E-state index in [-0.39, 0.29) is 0 Å². The van der Waals surface area contributed by atoms with Gasteiger partial charge in [0.15, 0.2) is 0 Å². The summed E-state index contributed by atoms with van der Waals surface area (Å²) in [6, 6.07) is 2.33. The van der Waals surface area contributed by atoms with Gasteiger partial charge in [-0.2, -0.15) is 0 Å². The molecule has 0 aromatic carbocycles. The molecule has 1 fully saturated rings. The molecule has 1 aliphatic rings. The fourth-order valence-electron chi connectivity index (χ4n) is 2.93. The predicted molar refractivity (Wildman–Crippen MR) is 87.3 cm³/mol. The Morgan fingerprint density at radius 1 is 1.35 bits per heavy atom. The molecule has 1 aromatic rings. The molecule has 3 heteroatoms. The van der Waals surface area contributed by atoms with E-state index in [2.05, 4.69) is 32.2 Å². The Morgan fingerprint density at radius 3 is 2.90 bits per heavy atom. The first-order valence-corrected chi connectivity index (χ1v) is 8.92. The van der Waals surface area contributed by atoms with Gasteiger partial charge in [-0.15, -0.1) is 11.3 Å². The van der Waals surface area contributed by atoms with Crippen molar-refractivity contribution in [3.63, 3.8) is 0 Å². The van der Waals surface area contributed by atoms with Crippen LogP contribution in [0.1, 0.15) is 61.3 Å². The zero-order valence-corrected chi connectivity index (χ0v) is 14.0. The van der Waals surface area contributed by atoms with E-state index in [1.165, 1.54) is 47.4 Å². The highest BCUT2D eigenvalue weighted by molar-refractivity contribution is 7.12. The SMILES string of the molecule is CCCNCc1cc(COC2CCCCC2C)c(C)s1. The Hall–Kier alpha value is -0.380. The van der Waals surface area contributed by atoms with Crippen LogP contribution < -0.4 is 5.32 Å². The van der Waals surface area contributed by atoms with Crippen molar-refractivity contribution in [3.8, 4) is 0 Å². The van der Waals surface area contributed by atoms with Gasteiger partial charge in [0.25, 0.3) is 0 Å². The summed E-state index contributed by atoms with van der Waals surface area (Å²) in [6.07, 6.45) is 6.97. The highest BCUT2D eigenvalue weighted by Gasteiger charge is 2.22. The maximum Gasteiger partial charge on any atom is 0.0731 e. The van der Waals surface area contributed by atoms with Gasteiger partial charge in [0.2, 0.25) is 0 Å². The molecule has 114 valence electrons. The molecule has 1 aliphatic carbocycles. The molecule has 1 heterocycles. The average molecular weight is 295 g/mol. The van der Waals surface area contributed by atoms with Crippen molar-refractivity contribution >= 4 is 11.3 Å². The molecule has 0 aliphatic heterocycles. The maximum atomic E-state index is 6.19. The van der Waals surface area contributed by atoms with Crippen LogP contribution in [0.3, 0.4) is 0 Å². The smallest absolute Gasteiger partial charge is 0.0731 e. The summed E-state index contributed by atoms with van der Waals surface area (Å²) in [7, 11) is 0. The topological polar surface area (TPSA) is 21.3 Å². The molecule has 2 unspecified atom stereocenters. The Labute approximate surface area is 127 Å². The van der Waals surface area contributed by atoms with E-state index in [1.807, 2.05) is 11.3 Å². The number of aryl methyl sites for hydroxylation is 1. The van der Waals surface area contributed by atoms with Crippen molar-refractivity contribution < 1.29 is 4.74 Å². The van der Waals surface area contributed by atoms with Crippen LogP contribution in [0.15, 0.2) is 6.07 Å². The second-order valence-electron chi connectivity index (χ2n) is 6.08. The zero-order chi connectivity index (χ0) is 14.4. The monoisotopic (exact) mass is 295 g/mol. The van der Waals surface area contributed by atoms with Crippen molar-refractivity contribution in [1.82, 2.24) is 5.32 Å². The Bertz CT molecular complexity index is 402. The van der Waals surface area contributed by atoms with Gasteiger partial charge in [-0.05, 0) is 50.3 Å². The van der Waals surface area contributed by atoms with E-state index in [4.69, 9.17) is 4.74 Å². The standard InChI is InChI=1S/C17H29NOS/c1-4-9-18-11-16-10-15(14(3)20-16)12-19-17-8-6-5-7-13(17)2/h10,13,17-18H,4-9,11-12H2,1-3H3. The molecule has 0 radical (unpaired) electrons. The molecule has 2 nitrogen and oxygen atoms in total. The van der Waals surface area contributed by atoms with Crippen molar-refractivity contribution in [1.29, 1.82) is 0 Å². The normalized spacial score (nSPS) is 23.1. The van der Waals surface area contributed by atoms with E-state index in [1.54, 1.807) is 0 Å². The molecule has 0 spiro atoms. The van der Waals surface area contributed by atoms with Crippen LogP contribution in [-0.4, -0.2) is 12.6 Å². The van der Waals surface area contributed by atoms with E-state index in [0.29, 0.717) is 6.10 Å². The summed E-state index contributed by atoms with van der Waals surface area (Å²) < 4.78 is 6.19. The molecule has 20 heavy (non-hydrogen) atoms. The van der Waals surface area contributed by atoms with Gasteiger partial charge in [-0.3, -0.25) is 0 Å². The number of nitrogens with one attached hydrogen (secondary N) is 1. The Kier molecular flexibility index (Phi) is 6.53. The third-order valence-electron chi connectivity index (χ3n) is 4.28. The molecule has 0 amide bonds. The molecule has 0 bridgehead atoms. The second-order valence-corrected chi connectivity index (χ2v) is 7.42. The minimum absolute atomic E-state index is 0.477. The largest absolute Gasteiger partial charge is 0.373 e. The summed E-state index contributed by atoms with van der Waals surface area (Å²) in [4.78, 5) is 2.85. The third-order valence-corrected chi connectivity index (χ3v) is 5.38. The molecule has 1 aromatic heterocycles. The van der Waals surface area contributed by atoms with Gasteiger partial charge in [0.1, 0.15) is 0 Å². The molecule has 0 saturated heterocycles. The van der Waals surface area contributed by atoms with Gasteiger partial charge < -0.3 is 10.1 Å². The lowest BCUT2D eigenvalue weighted by atomic mass is 9.88. The average Bonchev–Trinajstić information content (AvgIpc) is 2.79. The highest BCUT2D eigenvalue weighted by atomic mass is 32.1. The number of hydrogen-bond donors (Lipinski definition) is 1. The van der Waals surface area contributed by atoms with Gasteiger partial charge >= 0.3 is 0 Å². The van der Waals surface area contributed by atoms with Gasteiger partial charge in [0.05, 0.1) is 12.7 Å². The third kappa shape index (κ3) is 4.57. The molecule has 1 saturated carbocycles. The second kappa shape index (κ2) is 8.16. The van der Waals surface area contributed by atoms with E-state index in [9.17, 15) is 0 Å². The number of rotatable bonds is 7. The Balaban J connectivity index is 1.82. The van der Waals surface area contributed by atoms with Crippen LogP contribution in [0.4, 0.5) is 0 Å². The first-order chi connectivity index (χ1) is 9.70. The van der Waals surface area contributed by atoms with E-state index in [0.717, 1.165) is 25.6 Å². The zero-order valence-electron chi connectivity index (χ0n) is 13.2. The summed E-state index contributed by atoms with van der Waals surface area (Å²) in [5, 5.41) is 3.47. The lowest BCUT2D eigenvalue weighted by Gasteiger charge is -2.28. The minimum Gasteiger partial charge on any atom is -0.373 e. The lowest BCUT2D eigenvalue weighted by Crippen LogP contribution is -2.25. The van der Waals surface area contributed by atoms with Gasteiger partial charge in [-0.25, -0.2) is 0 Å². The first-order valence-electron chi connectivity index (χ1n) is 8.11. The summed E-state index contributed by atoms with van der Waals surface area (Å²) >= 11 is 1.91. The number of ether oxygens (including phenoxy) is 1. The predicted octanol–water partition coefficient (Wildman–Crippen LogP) is 4.65. The van der Waals surface area contributed by atoms with E-state index >= 15 is 0 Å². The lowest BCUT2D eigenvalue weighted by molar-refractivity contribution is -0.0155. The number of hydrogen-bond acceptors (Lipinski definition) is 3. The van der Waals surface area contributed by atoms with Crippen LogP contribution in [0.25, 0.3) is 0 Å². The van der Waals surface area contributed by atoms with Crippen LogP contribution >= 0.6 is 11.3 Å². The molecule has 1 N–H and O–H groups in total. The quantitative estimate of drug-likeness (QED) is 0.739. The molecular formula is C17H29NOS. The minimum atomic E-state index is 0.477. The summed E-state index contributed by atoms with van der Waals surface area (Å²) in [5.74, 6) is 0.730. The molecular weight excluding hydrogens is 266 g/mol. The fraction of sp³-hybridized carbons (Fsp3) is 0.765. The first kappa shape index (κ1) is 16.0.